The maximum absolute atomic E-state index is 9.61. The Hall–Kier alpha value is -2.64. The highest BCUT2D eigenvalue weighted by atomic mass is 16.3. The van der Waals surface area contributed by atoms with Gasteiger partial charge in [-0.2, -0.15) is 5.10 Å². The van der Waals surface area contributed by atoms with Crippen molar-refractivity contribution in [3.63, 3.8) is 0 Å². The van der Waals surface area contributed by atoms with Crippen molar-refractivity contribution in [2.75, 3.05) is 0 Å². The molecule has 26 heavy (non-hydrogen) atoms. The molecule has 0 spiro atoms. The van der Waals surface area contributed by atoms with Crippen LogP contribution in [-0.2, 0) is 6.61 Å². The summed E-state index contributed by atoms with van der Waals surface area (Å²) in [6.45, 7) is 3.96. The molecule has 0 amide bonds. The molecule has 0 aliphatic heterocycles. The lowest BCUT2D eigenvalue weighted by Crippen LogP contribution is -2.33. The van der Waals surface area contributed by atoms with E-state index in [1.807, 2.05) is 18.2 Å². The van der Waals surface area contributed by atoms with Gasteiger partial charge in [-0.05, 0) is 49.6 Å². The number of benzene rings is 1. The SMILES string of the molecule is C=C(N=C(/C=C\N)n1ncc2ccc(CO)cc21)NC1CCC(O)CC1. The van der Waals surface area contributed by atoms with Crippen LogP contribution in [0.3, 0.4) is 0 Å². The van der Waals surface area contributed by atoms with E-state index in [2.05, 4.69) is 22.0 Å². The number of nitrogens with zero attached hydrogens (tertiary/aromatic N) is 3. The summed E-state index contributed by atoms with van der Waals surface area (Å²) >= 11 is 0. The number of nitrogens with two attached hydrogens (primary N) is 1. The molecule has 0 saturated heterocycles. The van der Waals surface area contributed by atoms with Gasteiger partial charge in [0.2, 0.25) is 0 Å². The Kier molecular flexibility index (Phi) is 5.70. The number of nitrogens with one attached hydrogen (secondary N) is 1. The summed E-state index contributed by atoms with van der Waals surface area (Å²) in [7, 11) is 0. The van der Waals surface area contributed by atoms with Crippen molar-refractivity contribution in [2.24, 2.45) is 10.7 Å². The molecule has 1 heterocycles. The van der Waals surface area contributed by atoms with Crippen molar-refractivity contribution >= 4 is 16.7 Å². The second-order valence-corrected chi connectivity index (χ2v) is 6.53. The number of hydrogen-bond donors (Lipinski definition) is 4. The fourth-order valence-corrected chi connectivity index (χ4v) is 3.21. The molecular weight excluding hydrogens is 330 g/mol. The van der Waals surface area contributed by atoms with Gasteiger partial charge in [0.15, 0.2) is 5.84 Å². The molecule has 2 aromatic rings. The van der Waals surface area contributed by atoms with E-state index >= 15 is 0 Å². The van der Waals surface area contributed by atoms with Crippen LogP contribution in [0.4, 0.5) is 0 Å². The normalized spacial score (nSPS) is 21.4. The molecular formula is C19H25N5O2. The second-order valence-electron chi connectivity index (χ2n) is 6.53. The Morgan fingerprint density at radius 2 is 2.15 bits per heavy atom. The second kappa shape index (κ2) is 8.16. The summed E-state index contributed by atoms with van der Waals surface area (Å²) < 4.78 is 1.68. The predicted molar refractivity (Wildman–Crippen MR) is 102 cm³/mol. The average Bonchev–Trinajstić information content (AvgIpc) is 3.06. The predicted octanol–water partition coefficient (Wildman–Crippen LogP) is 1.61. The Labute approximate surface area is 152 Å². The third-order valence-electron chi connectivity index (χ3n) is 4.60. The standard InChI is InChI=1S/C19H25N5O2/c1-13(22-16-4-6-17(26)7-5-16)23-19(8-9-20)24-18-10-14(12-25)2-3-15(18)11-21-24/h2-3,8-11,16-17,22,25-26H,1,4-7,12,20H2/b9-8-,23-19?. The highest BCUT2D eigenvalue weighted by Crippen LogP contribution is 2.20. The number of fused-ring (bicyclic) bond motifs is 1. The Morgan fingerprint density at radius 3 is 2.85 bits per heavy atom. The number of aliphatic hydroxyl groups excluding tert-OH is 2. The van der Waals surface area contributed by atoms with Crippen molar-refractivity contribution in [3.05, 3.63) is 54.6 Å². The molecule has 1 saturated carbocycles. The van der Waals surface area contributed by atoms with Crippen molar-refractivity contribution in [1.82, 2.24) is 15.1 Å². The highest BCUT2D eigenvalue weighted by molar-refractivity contribution is 6.00. The Balaban J connectivity index is 1.84. The van der Waals surface area contributed by atoms with E-state index in [9.17, 15) is 10.2 Å². The summed E-state index contributed by atoms with van der Waals surface area (Å²) in [5.74, 6) is 1.06. The van der Waals surface area contributed by atoms with Crippen LogP contribution in [0.1, 0.15) is 31.2 Å². The van der Waals surface area contributed by atoms with E-state index in [1.165, 1.54) is 6.20 Å². The zero-order chi connectivity index (χ0) is 18.5. The zero-order valence-electron chi connectivity index (χ0n) is 14.7. The van der Waals surface area contributed by atoms with Gasteiger partial charge in [-0.1, -0.05) is 18.7 Å². The first kappa shape index (κ1) is 18.2. The van der Waals surface area contributed by atoms with Crippen LogP contribution in [0.5, 0.6) is 0 Å². The molecule has 1 aliphatic carbocycles. The molecule has 0 radical (unpaired) electrons. The molecule has 0 bridgehead atoms. The van der Waals surface area contributed by atoms with Gasteiger partial charge in [0.05, 0.1) is 24.4 Å². The van der Waals surface area contributed by atoms with E-state index < -0.39 is 0 Å². The van der Waals surface area contributed by atoms with E-state index in [-0.39, 0.29) is 18.8 Å². The van der Waals surface area contributed by atoms with Gasteiger partial charge in [-0.25, -0.2) is 9.67 Å². The molecule has 7 nitrogen and oxygen atoms in total. The summed E-state index contributed by atoms with van der Waals surface area (Å²) in [4.78, 5) is 4.55. The van der Waals surface area contributed by atoms with Crippen LogP contribution in [0.25, 0.3) is 10.9 Å². The lowest BCUT2D eigenvalue weighted by atomic mass is 9.93. The minimum absolute atomic E-state index is 0.0396. The number of rotatable bonds is 5. The van der Waals surface area contributed by atoms with Crippen molar-refractivity contribution < 1.29 is 10.2 Å². The quantitative estimate of drug-likeness (QED) is 0.481. The number of allylic oxidation sites excluding steroid dienone is 1. The molecule has 0 unspecified atom stereocenters. The van der Waals surface area contributed by atoms with Gasteiger partial charge >= 0.3 is 0 Å². The molecule has 0 atom stereocenters. The maximum Gasteiger partial charge on any atom is 0.157 e. The summed E-state index contributed by atoms with van der Waals surface area (Å²) in [6.07, 6.45) is 7.98. The smallest absolute Gasteiger partial charge is 0.157 e. The summed E-state index contributed by atoms with van der Waals surface area (Å²) in [5, 5.41) is 27.6. The lowest BCUT2D eigenvalue weighted by molar-refractivity contribution is 0.118. The van der Waals surface area contributed by atoms with Gasteiger partial charge in [0, 0.05) is 11.4 Å². The number of aliphatic hydroxyl groups is 2. The number of aromatic nitrogens is 2. The molecule has 1 aromatic carbocycles. The van der Waals surface area contributed by atoms with Crippen molar-refractivity contribution in [2.45, 2.75) is 44.4 Å². The first-order chi connectivity index (χ1) is 12.6. The van der Waals surface area contributed by atoms with E-state index in [4.69, 9.17) is 5.73 Å². The van der Waals surface area contributed by atoms with Gasteiger partial charge < -0.3 is 21.3 Å². The number of hydrogen-bond acceptors (Lipinski definition) is 6. The van der Waals surface area contributed by atoms with E-state index in [1.54, 1.807) is 17.0 Å². The van der Waals surface area contributed by atoms with Crippen LogP contribution in [0, 0.1) is 0 Å². The van der Waals surface area contributed by atoms with Crippen molar-refractivity contribution in [1.29, 1.82) is 0 Å². The summed E-state index contributed by atoms with van der Waals surface area (Å²) in [5.41, 5.74) is 7.22. The Morgan fingerprint density at radius 1 is 1.38 bits per heavy atom. The first-order valence-electron chi connectivity index (χ1n) is 8.79. The topological polar surface area (TPSA) is 109 Å². The van der Waals surface area contributed by atoms with Gasteiger partial charge in [-0.15, -0.1) is 0 Å². The van der Waals surface area contributed by atoms with Crippen LogP contribution in [-0.4, -0.2) is 38.0 Å². The van der Waals surface area contributed by atoms with Crippen LogP contribution in [0.2, 0.25) is 0 Å². The minimum atomic E-state index is -0.197. The zero-order valence-corrected chi connectivity index (χ0v) is 14.7. The van der Waals surface area contributed by atoms with Gasteiger partial charge in [-0.3, -0.25) is 0 Å². The molecule has 5 N–H and O–H groups in total. The van der Waals surface area contributed by atoms with E-state index in [0.717, 1.165) is 42.1 Å². The minimum Gasteiger partial charge on any atom is -0.404 e. The maximum atomic E-state index is 9.61. The molecule has 1 aliphatic rings. The molecule has 1 fully saturated rings. The first-order valence-corrected chi connectivity index (χ1v) is 8.79. The number of aliphatic imine (C=N–C) groups is 1. The van der Waals surface area contributed by atoms with Crippen molar-refractivity contribution in [3.8, 4) is 0 Å². The van der Waals surface area contributed by atoms with Crippen LogP contribution >= 0.6 is 0 Å². The third kappa shape index (κ3) is 4.12. The molecule has 3 rings (SSSR count). The Bertz CT molecular complexity index is 832. The highest BCUT2D eigenvalue weighted by Gasteiger charge is 2.19. The van der Waals surface area contributed by atoms with Gasteiger partial charge in [0.1, 0.15) is 5.82 Å². The fourth-order valence-electron chi connectivity index (χ4n) is 3.21. The fraction of sp³-hybridized carbons (Fsp3) is 0.368. The third-order valence-corrected chi connectivity index (χ3v) is 4.60. The average molecular weight is 355 g/mol. The molecule has 138 valence electrons. The summed E-state index contributed by atoms with van der Waals surface area (Å²) in [6, 6.07) is 5.91. The lowest BCUT2D eigenvalue weighted by Gasteiger charge is -2.26. The van der Waals surface area contributed by atoms with Gasteiger partial charge in [0.25, 0.3) is 0 Å². The molecule has 7 heteroatoms. The molecule has 1 aromatic heterocycles. The van der Waals surface area contributed by atoms with E-state index in [0.29, 0.717) is 11.7 Å². The monoisotopic (exact) mass is 355 g/mol. The largest absolute Gasteiger partial charge is 0.404 e. The van der Waals surface area contributed by atoms with Crippen LogP contribution in [0.15, 0.2) is 54.1 Å². The van der Waals surface area contributed by atoms with Crippen LogP contribution < -0.4 is 11.1 Å².